The Morgan fingerprint density at radius 1 is 1.09 bits per heavy atom. The van der Waals surface area contributed by atoms with Gasteiger partial charge in [0, 0.05) is 54.9 Å². The molecule has 1 amide bonds. The smallest absolute Gasteiger partial charge is 0.257 e. The van der Waals surface area contributed by atoms with Gasteiger partial charge in [-0.05, 0) is 39.4 Å². The Morgan fingerprint density at radius 2 is 1.88 bits per heavy atom. The molecule has 1 N–H and O–H groups in total. The molecule has 7 nitrogen and oxygen atoms in total. The molecule has 1 aliphatic rings. The number of imidazole rings is 1. The number of amides is 1. The minimum absolute atomic E-state index is 0.00407. The third-order valence-corrected chi connectivity index (χ3v) is 6.31. The van der Waals surface area contributed by atoms with Gasteiger partial charge in [0.2, 0.25) is 0 Å². The Hall–Kier alpha value is -3.58. The van der Waals surface area contributed by atoms with Gasteiger partial charge in [-0.2, -0.15) is 0 Å². The van der Waals surface area contributed by atoms with Crippen LogP contribution in [-0.4, -0.2) is 56.5 Å². The van der Waals surface area contributed by atoms with Crippen molar-refractivity contribution in [3.63, 3.8) is 0 Å². The number of nitrogens with one attached hydrogen (secondary N) is 1. The Morgan fingerprint density at radius 3 is 2.55 bits per heavy atom. The molecule has 5 rings (SSSR count). The fourth-order valence-electron chi connectivity index (χ4n) is 4.62. The van der Waals surface area contributed by atoms with Crippen molar-refractivity contribution in [2.45, 2.75) is 32.4 Å². The van der Waals surface area contributed by atoms with Crippen molar-refractivity contribution < 1.29 is 4.79 Å². The van der Waals surface area contributed by atoms with E-state index in [1.165, 1.54) is 0 Å². The summed E-state index contributed by atoms with van der Waals surface area (Å²) in [6, 6.07) is 14.3. The standard InChI is InChI=1S/C26H28N6O/c1-17(2)32-24-21(26(33)31-13-11-20(16-31)27-3)15-29-22(18-8-5-4-6-9-18)23(24)30-25(32)19-10-7-12-28-14-19/h4-10,12,14-15,17,20,27H,11,13,16H2,1-3H3. The number of nitrogens with zero attached hydrogens (tertiary/aromatic N) is 5. The normalized spacial score (nSPS) is 16.1. The van der Waals surface area contributed by atoms with Gasteiger partial charge >= 0.3 is 0 Å². The molecule has 1 atom stereocenters. The van der Waals surface area contributed by atoms with E-state index in [0.717, 1.165) is 46.6 Å². The fraction of sp³-hybridized carbons (Fsp3) is 0.308. The quantitative estimate of drug-likeness (QED) is 0.504. The maximum atomic E-state index is 13.7. The van der Waals surface area contributed by atoms with E-state index < -0.39 is 0 Å². The molecule has 0 radical (unpaired) electrons. The van der Waals surface area contributed by atoms with Crippen LogP contribution in [0.25, 0.3) is 33.7 Å². The molecular weight excluding hydrogens is 412 g/mol. The summed E-state index contributed by atoms with van der Waals surface area (Å²) < 4.78 is 2.15. The molecule has 0 spiro atoms. The highest BCUT2D eigenvalue weighted by Gasteiger charge is 2.30. The number of hydrogen-bond donors (Lipinski definition) is 1. The number of likely N-dealkylation sites (N-methyl/N-ethyl adjacent to an activating group) is 1. The summed E-state index contributed by atoms with van der Waals surface area (Å²) >= 11 is 0. The first kappa shape index (κ1) is 21.3. The summed E-state index contributed by atoms with van der Waals surface area (Å²) in [4.78, 5) is 29.7. The van der Waals surface area contributed by atoms with Crippen LogP contribution in [0.4, 0.5) is 0 Å². The lowest BCUT2D eigenvalue weighted by atomic mass is 10.1. The van der Waals surface area contributed by atoms with Crippen LogP contribution < -0.4 is 5.32 Å². The van der Waals surface area contributed by atoms with E-state index in [4.69, 9.17) is 9.97 Å². The maximum Gasteiger partial charge on any atom is 0.257 e. The number of benzene rings is 1. The van der Waals surface area contributed by atoms with Crippen molar-refractivity contribution >= 4 is 16.9 Å². The largest absolute Gasteiger partial charge is 0.337 e. The molecule has 4 heterocycles. The summed E-state index contributed by atoms with van der Waals surface area (Å²) in [6.07, 6.45) is 6.25. The summed E-state index contributed by atoms with van der Waals surface area (Å²) in [5.41, 5.74) is 4.83. The molecule has 1 saturated heterocycles. The van der Waals surface area contributed by atoms with Gasteiger partial charge in [-0.15, -0.1) is 0 Å². The van der Waals surface area contributed by atoms with Crippen LogP contribution in [0.2, 0.25) is 0 Å². The number of likely N-dealkylation sites (tertiary alicyclic amines) is 1. The molecule has 3 aromatic heterocycles. The lowest BCUT2D eigenvalue weighted by Gasteiger charge is -2.19. The Kier molecular flexibility index (Phi) is 5.64. The summed E-state index contributed by atoms with van der Waals surface area (Å²) in [7, 11) is 1.95. The number of aromatic nitrogens is 4. The van der Waals surface area contributed by atoms with Crippen LogP contribution in [0.15, 0.2) is 61.1 Å². The third kappa shape index (κ3) is 3.78. The number of rotatable bonds is 5. The predicted octanol–water partition coefficient (Wildman–Crippen LogP) is 4.18. The third-order valence-electron chi connectivity index (χ3n) is 6.31. The fourth-order valence-corrected chi connectivity index (χ4v) is 4.62. The minimum Gasteiger partial charge on any atom is -0.337 e. The summed E-state index contributed by atoms with van der Waals surface area (Å²) in [6.45, 7) is 5.66. The lowest BCUT2D eigenvalue weighted by molar-refractivity contribution is 0.0791. The van der Waals surface area contributed by atoms with E-state index in [1.54, 1.807) is 12.4 Å². The van der Waals surface area contributed by atoms with E-state index in [-0.39, 0.29) is 11.9 Å². The highest BCUT2D eigenvalue weighted by molar-refractivity contribution is 6.08. The van der Waals surface area contributed by atoms with Crippen molar-refractivity contribution in [1.29, 1.82) is 0 Å². The second kappa shape index (κ2) is 8.75. The molecular formula is C26H28N6O. The first-order valence-corrected chi connectivity index (χ1v) is 11.4. The lowest BCUT2D eigenvalue weighted by Crippen LogP contribution is -2.33. The van der Waals surface area contributed by atoms with E-state index >= 15 is 0 Å². The average Bonchev–Trinajstić information content (AvgIpc) is 3.49. The van der Waals surface area contributed by atoms with E-state index in [1.807, 2.05) is 60.6 Å². The molecule has 1 unspecified atom stereocenters. The van der Waals surface area contributed by atoms with Crippen molar-refractivity contribution in [2.24, 2.45) is 0 Å². The zero-order valence-electron chi connectivity index (χ0n) is 19.2. The highest BCUT2D eigenvalue weighted by Crippen LogP contribution is 2.35. The molecule has 33 heavy (non-hydrogen) atoms. The monoisotopic (exact) mass is 440 g/mol. The average molecular weight is 441 g/mol. The minimum atomic E-state index is 0.00407. The SMILES string of the molecule is CNC1CCN(C(=O)c2cnc(-c3ccccc3)c3nc(-c4cccnc4)n(C(C)C)c23)C1. The van der Waals surface area contributed by atoms with Crippen molar-refractivity contribution in [2.75, 3.05) is 20.1 Å². The van der Waals surface area contributed by atoms with Gasteiger partial charge in [-0.1, -0.05) is 30.3 Å². The Balaban J connectivity index is 1.77. The van der Waals surface area contributed by atoms with E-state index in [2.05, 4.69) is 28.7 Å². The van der Waals surface area contributed by atoms with Crippen LogP contribution >= 0.6 is 0 Å². The van der Waals surface area contributed by atoms with Crippen molar-refractivity contribution in [3.05, 3.63) is 66.6 Å². The molecule has 1 fully saturated rings. The van der Waals surface area contributed by atoms with E-state index in [9.17, 15) is 4.79 Å². The summed E-state index contributed by atoms with van der Waals surface area (Å²) in [5, 5.41) is 3.29. The van der Waals surface area contributed by atoms with Crippen LogP contribution in [0.5, 0.6) is 0 Å². The molecule has 0 bridgehead atoms. The van der Waals surface area contributed by atoms with Crippen LogP contribution in [0.3, 0.4) is 0 Å². The van der Waals surface area contributed by atoms with Gasteiger partial charge in [0.25, 0.3) is 5.91 Å². The first-order valence-electron chi connectivity index (χ1n) is 11.4. The van der Waals surface area contributed by atoms with Crippen molar-refractivity contribution in [1.82, 2.24) is 29.7 Å². The number of hydrogen-bond acceptors (Lipinski definition) is 5. The molecule has 1 aromatic carbocycles. The number of fused-ring (bicyclic) bond motifs is 1. The van der Waals surface area contributed by atoms with Gasteiger partial charge < -0.3 is 14.8 Å². The Labute approximate surface area is 193 Å². The second-order valence-electron chi connectivity index (χ2n) is 8.75. The molecule has 0 saturated carbocycles. The van der Waals surface area contributed by atoms with Crippen LogP contribution in [-0.2, 0) is 0 Å². The van der Waals surface area contributed by atoms with Crippen LogP contribution in [0.1, 0.15) is 36.7 Å². The topological polar surface area (TPSA) is 75.9 Å². The Bertz CT molecular complexity index is 1280. The van der Waals surface area contributed by atoms with Gasteiger partial charge in [-0.25, -0.2) is 4.98 Å². The molecule has 7 heteroatoms. The number of pyridine rings is 2. The van der Waals surface area contributed by atoms with Gasteiger partial charge in [0.15, 0.2) is 0 Å². The van der Waals surface area contributed by atoms with Gasteiger partial charge in [0.1, 0.15) is 11.3 Å². The molecule has 168 valence electrons. The first-order chi connectivity index (χ1) is 16.1. The van der Waals surface area contributed by atoms with Gasteiger partial charge in [0.05, 0.1) is 16.8 Å². The predicted molar refractivity (Wildman–Crippen MR) is 130 cm³/mol. The highest BCUT2D eigenvalue weighted by atomic mass is 16.2. The molecule has 1 aliphatic heterocycles. The maximum absolute atomic E-state index is 13.7. The molecule has 0 aliphatic carbocycles. The number of carbonyl (C=O) groups is 1. The van der Waals surface area contributed by atoms with E-state index in [0.29, 0.717) is 18.2 Å². The van der Waals surface area contributed by atoms with Crippen LogP contribution in [0, 0.1) is 0 Å². The number of carbonyl (C=O) groups excluding carboxylic acids is 1. The zero-order chi connectivity index (χ0) is 22.9. The molecule has 4 aromatic rings. The second-order valence-corrected chi connectivity index (χ2v) is 8.75. The zero-order valence-corrected chi connectivity index (χ0v) is 19.2. The van der Waals surface area contributed by atoms with Gasteiger partial charge in [-0.3, -0.25) is 14.8 Å². The summed E-state index contributed by atoms with van der Waals surface area (Å²) in [5.74, 6) is 0.797. The van der Waals surface area contributed by atoms with Crippen molar-refractivity contribution in [3.8, 4) is 22.6 Å².